The molecule has 5 heteroatoms. The van der Waals surface area contributed by atoms with Crippen LogP contribution in [0.15, 0.2) is 22.7 Å². The van der Waals surface area contributed by atoms with Gasteiger partial charge in [0.1, 0.15) is 5.54 Å². The number of carbonyl (C=O) groups excluding carboxylic acids is 1. The molecule has 2 rings (SSSR count). The highest BCUT2D eigenvalue weighted by molar-refractivity contribution is 9.10. The maximum atomic E-state index is 12.1. The maximum absolute atomic E-state index is 12.1. The van der Waals surface area contributed by atoms with Crippen LogP contribution in [0.25, 0.3) is 0 Å². The average Bonchev–Trinajstić information content (AvgIpc) is 2.73. The molecule has 0 saturated carbocycles. The topological polar surface area (TPSA) is 64.4 Å². The third-order valence-corrected chi connectivity index (χ3v) is 4.00. The molecule has 4 nitrogen and oxygen atoms in total. The van der Waals surface area contributed by atoms with E-state index in [0.29, 0.717) is 13.0 Å². The van der Waals surface area contributed by atoms with E-state index >= 15 is 0 Å². The van der Waals surface area contributed by atoms with Crippen LogP contribution in [0.3, 0.4) is 0 Å². The lowest BCUT2D eigenvalue weighted by Gasteiger charge is -2.21. The van der Waals surface area contributed by atoms with Gasteiger partial charge >= 0.3 is 0 Å². The van der Waals surface area contributed by atoms with Gasteiger partial charge in [-0.15, -0.1) is 0 Å². The van der Waals surface area contributed by atoms with Crippen molar-refractivity contribution in [3.63, 3.8) is 0 Å². The lowest BCUT2D eigenvalue weighted by atomic mass is 9.99. The van der Waals surface area contributed by atoms with Gasteiger partial charge in [0.15, 0.2) is 0 Å². The van der Waals surface area contributed by atoms with Gasteiger partial charge in [-0.2, -0.15) is 0 Å². The summed E-state index contributed by atoms with van der Waals surface area (Å²) >= 11 is 3.45. The number of rotatable bonds is 2. The van der Waals surface area contributed by atoms with Crippen LogP contribution in [-0.2, 0) is 9.53 Å². The number of hydrogen-bond donors (Lipinski definition) is 2. The third kappa shape index (κ3) is 2.51. The summed E-state index contributed by atoms with van der Waals surface area (Å²) in [5.41, 5.74) is 6.90. The van der Waals surface area contributed by atoms with Crippen molar-refractivity contribution in [3.05, 3.63) is 28.2 Å². The van der Waals surface area contributed by atoms with Crippen LogP contribution in [0.2, 0.25) is 0 Å². The number of carbonyl (C=O) groups is 1. The highest BCUT2D eigenvalue weighted by atomic mass is 79.9. The zero-order valence-corrected chi connectivity index (χ0v) is 11.2. The number of nitrogens with one attached hydrogen (secondary N) is 1. The summed E-state index contributed by atoms with van der Waals surface area (Å²) < 4.78 is 6.06. The second-order valence-corrected chi connectivity index (χ2v) is 5.14. The molecule has 92 valence electrons. The molecular formula is C12H15BrN2O2. The van der Waals surface area contributed by atoms with Gasteiger partial charge in [-0.3, -0.25) is 4.79 Å². The molecule has 0 radical (unpaired) electrons. The van der Waals surface area contributed by atoms with Crippen molar-refractivity contribution in [2.75, 3.05) is 18.5 Å². The highest BCUT2D eigenvalue weighted by Crippen LogP contribution is 2.27. The first-order valence-corrected chi connectivity index (χ1v) is 6.25. The maximum Gasteiger partial charge on any atom is 0.246 e. The summed E-state index contributed by atoms with van der Waals surface area (Å²) in [6, 6.07) is 5.70. The Morgan fingerprint density at radius 3 is 3.00 bits per heavy atom. The summed E-state index contributed by atoms with van der Waals surface area (Å²) in [5.74, 6) is -0.193. The van der Waals surface area contributed by atoms with Crippen LogP contribution < -0.4 is 11.1 Å². The Kier molecular flexibility index (Phi) is 3.51. The molecule has 1 aliphatic heterocycles. The summed E-state index contributed by atoms with van der Waals surface area (Å²) in [6.07, 6.45) is 0.558. The zero-order chi connectivity index (χ0) is 12.5. The third-order valence-electron chi connectivity index (χ3n) is 2.94. The minimum absolute atomic E-state index is 0.193. The number of amides is 1. The SMILES string of the molecule is Cc1cccc(NC(=O)C2(N)CCOC2)c1Br. The predicted octanol–water partition coefficient (Wildman–Crippen LogP) is 1.81. The van der Waals surface area contributed by atoms with E-state index in [1.54, 1.807) is 0 Å². The van der Waals surface area contributed by atoms with Gasteiger partial charge in [0.05, 0.1) is 12.3 Å². The molecule has 1 aromatic carbocycles. The Morgan fingerprint density at radius 2 is 2.35 bits per heavy atom. The Morgan fingerprint density at radius 1 is 1.59 bits per heavy atom. The fraction of sp³-hybridized carbons (Fsp3) is 0.417. The second kappa shape index (κ2) is 4.76. The Labute approximate surface area is 109 Å². The molecule has 3 N–H and O–H groups in total. The van der Waals surface area contributed by atoms with Gasteiger partial charge in [0.25, 0.3) is 0 Å². The van der Waals surface area contributed by atoms with E-state index < -0.39 is 5.54 Å². The monoisotopic (exact) mass is 298 g/mol. The number of benzene rings is 1. The summed E-state index contributed by atoms with van der Waals surface area (Å²) in [7, 11) is 0. The molecule has 1 atom stereocenters. The van der Waals surface area contributed by atoms with E-state index in [-0.39, 0.29) is 12.5 Å². The lowest BCUT2D eigenvalue weighted by molar-refractivity contribution is -0.121. The van der Waals surface area contributed by atoms with Crippen molar-refractivity contribution in [3.8, 4) is 0 Å². The molecular weight excluding hydrogens is 284 g/mol. The molecule has 1 fully saturated rings. The molecule has 0 aromatic heterocycles. The minimum Gasteiger partial charge on any atom is -0.379 e. The van der Waals surface area contributed by atoms with Crippen LogP contribution in [0.4, 0.5) is 5.69 Å². The second-order valence-electron chi connectivity index (χ2n) is 4.35. The standard InChI is InChI=1S/C12H15BrN2O2/c1-8-3-2-4-9(10(8)13)15-11(16)12(14)5-6-17-7-12/h2-4H,5-7,14H2,1H3,(H,15,16). The van der Waals surface area contributed by atoms with Crippen LogP contribution >= 0.6 is 15.9 Å². The van der Waals surface area contributed by atoms with Gasteiger partial charge in [0, 0.05) is 11.1 Å². The van der Waals surface area contributed by atoms with Crippen LogP contribution in [-0.4, -0.2) is 24.7 Å². The molecule has 1 unspecified atom stereocenters. The molecule has 17 heavy (non-hydrogen) atoms. The highest BCUT2D eigenvalue weighted by Gasteiger charge is 2.38. The van der Waals surface area contributed by atoms with Crippen molar-refractivity contribution in [1.29, 1.82) is 0 Å². The normalized spacial score (nSPS) is 23.7. The summed E-state index contributed by atoms with van der Waals surface area (Å²) in [5, 5.41) is 2.84. The lowest BCUT2D eigenvalue weighted by Crippen LogP contribution is -2.51. The molecule has 0 spiro atoms. The number of aryl methyl sites for hydroxylation is 1. The first kappa shape index (κ1) is 12.5. The number of halogens is 1. The average molecular weight is 299 g/mol. The van der Waals surface area contributed by atoms with E-state index in [0.717, 1.165) is 15.7 Å². The Bertz CT molecular complexity index is 442. The van der Waals surface area contributed by atoms with E-state index in [2.05, 4.69) is 21.2 Å². The predicted molar refractivity (Wildman–Crippen MR) is 69.9 cm³/mol. The van der Waals surface area contributed by atoms with Crippen LogP contribution in [0.1, 0.15) is 12.0 Å². The Hall–Kier alpha value is -0.910. The fourth-order valence-corrected chi connectivity index (χ4v) is 2.11. The van der Waals surface area contributed by atoms with Crippen molar-refractivity contribution >= 4 is 27.5 Å². The van der Waals surface area contributed by atoms with Gasteiger partial charge < -0.3 is 15.8 Å². The Balaban J connectivity index is 2.16. The summed E-state index contributed by atoms with van der Waals surface area (Å²) in [6.45, 7) is 2.79. The molecule has 1 saturated heterocycles. The zero-order valence-electron chi connectivity index (χ0n) is 9.63. The molecule has 1 heterocycles. The van der Waals surface area contributed by atoms with Crippen molar-refractivity contribution in [2.45, 2.75) is 18.9 Å². The van der Waals surface area contributed by atoms with Gasteiger partial charge in [-0.05, 0) is 40.9 Å². The van der Waals surface area contributed by atoms with Crippen LogP contribution in [0.5, 0.6) is 0 Å². The van der Waals surface area contributed by atoms with Crippen molar-refractivity contribution in [1.82, 2.24) is 0 Å². The van der Waals surface area contributed by atoms with Gasteiger partial charge in [-0.25, -0.2) is 0 Å². The van der Waals surface area contributed by atoms with E-state index in [4.69, 9.17) is 10.5 Å². The first-order valence-electron chi connectivity index (χ1n) is 5.46. The summed E-state index contributed by atoms with van der Waals surface area (Å²) in [4.78, 5) is 12.1. The molecule has 0 aliphatic carbocycles. The van der Waals surface area contributed by atoms with Crippen molar-refractivity contribution < 1.29 is 9.53 Å². The number of hydrogen-bond acceptors (Lipinski definition) is 3. The first-order chi connectivity index (χ1) is 8.03. The van der Waals surface area contributed by atoms with Crippen LogP contribution in [0, 0.1) is 6.92 Å². The van der Waals surface area contributed by atoms with E-state index in [1.807, 2.05) is 25.1 Å². The van der Waals surface area contributed by atoms with E-state index in [9.17, 15) is 4.79 Å². The number of nitrogens with two attached hydrogens (primary N) is 1. The largest absolute Gasteiger partial charge is 0.379 e. The van der Waals surface area contributed by atoms with Crippen molar-refractivity contribution in [2.24, 2.45) is 5.73 Å². The van der Waals surface area contributed by atoms with Gasteiger partial charge in [-0.1, -0.05) is 12.1 Å². The molecule has 1 amide bonds. The molecule has 0 bridgehead atoms. The number of ether oxygens (including phenoxy) is 1. The molecule has 1 aliphatic rings. The smallest absolute Gasteiger partial charge is 0.246 e. The minimum atomic E-state index is -0.900. The van der Waals surface area contributed by atoms with E-state index in [1.165, 1.54) is 0 Å². The fourth-order valence-electron chi connectivity index (χ4n) is 1.75. The quantitative estimate of drug-likeness (QED) is 0.875. The molecule has 1 aromatic rings. The van der Waals surface area contributed by atoms with Gasteiger partial charge in [0.2, 0.25) is 5.91 Å². The number of anilines is 1.